The molecule has 6 nitrogen and oxygen atoms in total. The predicted molar refractivity (Wildman–Crippen MR) is 101 cm³/mol. The van der Waals surface area contributed by atoms with E-state index in [1.54, 1.807) is 7.11 Å². The van der Waals surface area contributed by atoms with Crippen LogP contribution in [0.1, 0.15) is 6.92 Å². The molecule has 0 aromatic heterocycles. The molecule has 0 aliphatic rings. The number of halogens is 3. The summed E-state index contributed by atoms with van der Waals surface area (Å²) in [6.07, 6.45) is -4.20. The van der Waals surface area contributed by atoms with Crippen LogP contribution in [0.2, 0.25) is 0 Å². The highest BCUT2D eigenvalue weighted by Crippen LogP contribution is 2.17. The Hall–Kier alpha value is -2.16. The fourth-order valence-electron chi connectivity index (χ4n) is 2.26. The molecule has 154 valence electrons. The molecule has 0 spiro atoms. The predicted octanol–water partition coefficient (Wildman–Crippen LogP) is 2.47. The van der Waals surface area contributed by atoms with Crippen molar-refractivity contribution >= 4 is 5.96 Å². The summed E-state index contributed by atoms with van der Waals surface area (Å²) in [4.78, 5) is 7.48. The summed E-state index contributed by atoms with van der Waals surface area (Å²) in [7, 11) is 4.90. The Bertz CT molecular complexity index is 565. The molecule has 9 heteroatoms. The van der Waals surface area contributed by atoms with Crippen molar-refractivity contribution in [3.05, 3.63) is 24.3 Å². The molecule has 27 heavy (non-hydrogen) atoms. The van der Waals surface area contributed by atoms with Gasteiger partial charge in [-0.15, -0.1) is 0 Å². The van der Waals surface area contributed by atoms with Crippen molar-refractivity contribution < 1.29 is 22.6 Å². The summed E-state index contributed by atoms with van der Waals surface area (Å²) in [6, 6.07) is 7.30. The molecular formula is C18H29F3N4O2. The Balaban J connectivity index is 2.44. The van der Waals surface area contributed by atoms with E-state index in [1.165, 1.54) is 11.9 Å². The lowest BCUT2D eigenvalue weighted by molar-refractivity contribution is -0.142. The lowest BCUT2D eigenvalue weighted by Gasteiger charge is -2.23. The maximum atomic E-state index is 12.3. The van der Waals surface area contributed by atoms with Crippen molar-refractivity contribution in [1.29, 1.82) is 0 Å². The number of likely N-dealkylation sites (N-methyl/N-ethyl adjacent to an activating group) is 2. The fraction of sp³-hybridized carbons (Fsp3) is 0.611. The van der Waals surface area contributed by atoms with Crippen LogP contribution >= 0.6 is 0 Å². The molecule has 0 saturated heterocycles. The number of rotatable bonds is 10. The van der Waals surface area contributed by atoms with Crippen LogP contribution in [0.5, 0.6) is 11.5 Å². The van der Waals surface area contributed by atoms with E-state index in [9.17, 15) is 13.2 Å². The molecule has 0 heterocycles. The summed E-state index contributed by atoms with van der Waals surface area (Å²) in [6.45, 7) is 3.19. The minimum absolute atomic E-state index is 0.227. The summed E-state index contributed by atoms with van der Waals surface area (Å²) in [5.74, 6) is 2.13. The molecule has 0 atom stereocenters. The molecular weight excluding hydrogens is 361 g/mol. The van der Waals surface area contributed by atoms with E-state index in [4.69, 9.17) is 9.47 Å². The first-order valence-electron chi connectivity index (χ1n) is 8.76. The number of hydrogen-bond donors (Lipinski definition) is 1. The van der Waals surface area contributed by atoms with Gasteiger partial charge in [0.05, 0.1) is 26.7 Å². The van der Waals surface area contributed by atoms with Gasteiger partial charge in [-0.25, -0.2) is 0 Å². The lowest BCUT2D eigenvalue weighted by atomic mass is 10.3. The van der Waals surface area contributed by atoms with Gasteiger partial charge >= 0.3 is 6.18 Å². The molecule has 1 rings (SSSR count). The third kappa shape index (κ3) is 9.93. The van der Waals surface area contributed by atoms with Gasteiger partial charge in [0.2, 0.25) is 0 Å². The number of aliphatic imine (C=N–C) groups is 1. The number of methoxy groups -OCH3 is 1. The van der Waals surface area contributed by atoms with Crippen LogP contribution < -0.4 is 14.8 Å². The maximum Gasteiger partial charge on any atom is 0.401 e. The van der Waals surface area contributed by atoms with E-state index in [-0.39, 0.29) is 13.1 Å². The number of hydrogen-bond acceptors (Lipinski definition) is 4. The molecule has 0 saturated carbocycles. The Morgan fingerprint density at radius 1 is 1.11 bits per heavy atom. The molecule has 0 bridgehead atoms. The highest BCUT2D eigenvalue weighted by Gasteiger charge is 2.28. The third-order valence-corrected chi connectivity index (χ3v) is 3.64. The van der Waals surface area contributed by atoms with Crippen LogP contribution in [-0.4, -0.2) is 82.5 Å². The quantitative estimate of drug-likeness (QED) is 0.491. The largest absolute Gasteiger partial charge is 0.497 e. The zero-order valence-electron chi connectivity index (χ0n) is 16.3. The monoisotopic (exact) mass is 390 g/mol. The maximum absolute atomic E-state index is 12.3. The highest BCUT2D eigenvalue weighted by molar-refractivity contribution is 5.79. The van der Waals surface area contributed by atoms with E-state index < -0.39 is 12.7 Å². The second-order valence-electron chi connectivity index (χ2n) is 6.03. The average molecular weight is 390 g/mol. The molecule has 0 aliphatic heterocycles. The number of nitrogens with zero attached hydrogens (tertiary/aromatic N) is 3. The molecule has 1 N–H and O–H groups in total. The third-order valence-electron chi connectivity index (χ3n) is 3.64. The molecule has 1 aromatic carbocycles. The fourth-order valence-corrected chi connectivity index (χ4v) is 2.26. The minimum Gasteiger partial charge on any atom is -0.497 e. The number of guanidine groups is 1. The number of ether oxygens (including phenoxy) is 2. The van der Waals surface area contributed by atoms with Crippen molar-refractivity contribution in [3.8, 4) is 11.5 Å². The standard InChI is InChI=1S/C18H29F3N4O2/c1-5-22-17(23-10-11-24(2)14-18(19,20)21)25(3)12-13-27-16-8-6-15(26-4)7-9-16/h6-9H,5,10-14H2,1-4H3,(H,22,23). The molecule has 1 aromatic rings. The lowest BCUT2D eigenvalue weighted by Crippen LogP contribution is -2.41. The van der Waals surface area contributed by atoms with Gasteiger partial charge in [0.25, 0.3) is 0 Å². The SMILES string of the molecule is CCNC(=NCCN(C)CC(F)(F)F)N(C)CCOc1ccc(OC)cc1. The van der Waals surface area contributed by atoms with Crippen molar-refractivity contribution in [2.24, 2.45) is 4.99 Å². The van der Waals surface area contributed by atoms with Crippen molar-refractivity contribution in [3.63, 3.8) is 0 Å². The summed E-state index contributed by atoms with van der Waals surface area (Å²) in [5.41, 5.74) is 0. The van der Waals surface area contributed by atoms with Gasteiger partial charge in [-0.2, -0.15) is 13.2 Å². The second-order valence-corrected chi connectivity index (χ2v) is 6.03. The van der Waals surface area contributed by atoms with Gasteiger partial charge < -0.3 is 19.7 Å². The second kappa shape index (κ2) is 11.5. The number of nitrogens with one attached hydrogen (secondary N) is 1. The van der Waals surface area contributed by atoms with Crippen LogP contribution in [0.25, 0.3) is 0 Å². The Morgan fingerprint density at radius 3 is 2.30 bits per heavy atom. The first-order chi connectivity index (χ1) is 12.7. The van der Waals surface area contributed by atoms with E-state index in [0.717, 1.165) is 11.5 Å². The Labute approximate surface area is 158 Å². The van der Waals surface area contributed by atoms with Gasteiger partial charge in [0.15, 0.2) is 5.96 Å². The number of benzene rings is 1. The van der Waals surface area contributed by atoms with Gasteiger partial charge in [-0.3, -0.25) is 9.89 Å². The van der Waals surface area contributed by atoms with Crippen molar-refractivity contribution in [2.75, 3.05) is 60.5 Å². The van der Waals surface area contributed by atoms with Crippen LogP contribution in [0.4, 0.5) is 13.2 Å². The van der Waals surface area contributed by atoms with Gasteiger partial charge in [0.1, 0.15) is 18.1 Å². The first kappa shape index (κ1) is 22.9. The molecule has 0 aliphatic carbocycles. The first-order valence-corrected chi connectivity index (χ1v) is 8.76. The molecule has 0 radical (unpaired) electrons. The van der Waals surface area contributed by atoms with Gasteiger partial charge in [-0.1, -0.05) is 0 Å². The van der Waals surface area contributed by atoms with Crippen LogP contribution in [0, 0.1) is 0 Å². The molecule has 0 fully saturated rings. The zero-order chi connectivity index (χ0) is 20.3. The van der Waals surface area contributed by atoms with Gasteiger partial charge in [-0.05, 0) is 38.2 Å². The summed E-state index contributed by atoms with van der Waals surface area (Å²) < 4.78 is 47.8. The highest BCUT2D eigenvalue weighted by atomic mass is 19.4. The van der Waals surface area contributed by atoms with Crippen molar-refractivity contribution in [1.82, 2.24) is 15.1 Å². The van der Waals surface area contributed by atoms with E-state index in [0.29, 0.717) is 25.7 Å². The summed E-state index contributed by atoms with van der Waals surface area (Å²) in [5, 5.41) is 3.13. The molecule has 0 unspecified atom stereocenters. The van der Waals surface area contributed by atoms with Gasteiger partial charge in [0, 0.05) is 20.1 Å². The molecule has 0 amide bonds. The average Bonchev–Trinajstić information content (AvgIpc) is 2.60. The summed E-state index contributed by atoms with van der Waals surface area (Å²) >= 11 is 0. The smallest absolute Gasteiger partial charge is 0.401 e. The van der Waals surface area contributed by atoms with Crippen LogP contribution in [-0.2, 0) is 0 Å². The van der Waals surface area contributed by atoms with Crippen LogP contribution in [0.15, 0.2) is 29.3 Å². The number of alkyl halides is 3. The van der Waals surface area contributed by atoms with E-state index in [1.807, 2.05) is 43.1 Å². The minimum atomic E-state index is -4.20. The Kier molecular flexibility index (Phi) is 9.77. The van der Waals surface area contributed by atoms with Crippen molar-refractivity contribution in [2.45, 2.75) is 13.1 Å². The Morgan fingerprint density at radius 2 is 1.74 bits per heavy atom. The zero-order valence-corrected chi connectivity index (χ0v) is 16.3. The topological polar surface area (TPSA) is 49.3 Å². The normalized spacial score (nSPS) is 12.2. The van der Waals surface area contributed by atoms with Crippen LogP contribution in [0.3, 0.4) is 0 Å². The van der Waals surface area contributed by atoms with E-state index in [2.05, 4.69) is 10.3 Å². The van der Waals surface area contributed by atoms with E-state index >= 15 is 0 Å².